The summed E-state index contributed by atoms with van der Waals surface area (Å²) >= 11 is 0. The average molecular weight is 431 g/mol. The second kappa shape index (κ2) is 17.2. The molecule has 2 heterocycles. The van der Waals surface area contributed by atoms with Crippen molar-refractivity contribution in [1.29, 1.82) is 0 Å². The molecule has 0 spiro atoms. The first-order valence-corrected chi connectivity index (χ1v) is 11.8. The van der Waals surface area contributed by atoms with Gasteiger partial charge in [-0.1, -0.05) is 0 Å². The van der Waals surface area contributed by atoms with Crippen molar-refractivity contribution in [2.45, 2.75) is 12.2 Å². The molecular formula is C20H46N8O2. The van der Waals surface area contributed by atoms with Gasteiger partial charge in [0.25, 0.3) is 0 Å². The molecule has 30 heavy (non-hydrogen) atoms. The van der Waals surface area contributed by atoms with Crippen LogP contribution in [0.5, 0.6) is 0 Å². The van der Waals surface area contributed by atoms with Crippen LogP contribution in [0.1, 0.15) is 0 Å². The summed E-state index contributed by atoms with van der Waals surface area (Å²) in [6.45, 7) is 15.7. The predicted octanol–water partition coefficient (Wildman–Crippen LogP) is -4.12. The summed E-state index contributed by atoms with van der Waals surface area (Å²) < 4.78 is 0. The van der Waals surface area contributed by atoms with Crippen LogP contribution in [-0.2, 0) is 0 Å². The van der Waals surface area contributed by atoms with E-state index in [9.17, 15) is 10.2 Å². The molecule has 10 heteroatoms. The molecule has 0 aromatic rings. The molecule has 2 saturated heterocycles. The van der Waals surface area contributed by atoms with Crippen molar-refractivity contribution >= 4 is 0 Å². The summed E-state index contributed by atoms with van der Waals surface area (Å²) in [5.74, 6) is 0. The van der Waals surface area contributed by atoms with Crippen molar-refractivity contribution in [2.75, 3.05) is 118 Å². The third kappa shape index (κ3) is 12.5. The van der Waals surface area contributed by atoms with Gasteiger partial charge in [0.1, 0.15) is 0 Å². The fourth-order valence-corrected chi connectivity index (χ4v) is 3.77. The van der Waals surface area contributed by atoms with E-state index in [4.69, 9.17) is 0 Å². The Morgan fingerprint density at radius 3 is 0.933 bits per heavy atom. The van der Waals surface area contributed by atoms with E-state index in [-0.39, 0.29) is 0 Å². The summed E-state index contributed by atoms with van der Waals surface area (Å²) in [6, 6.07) is 0. The smallest absolute Gasteiger partial charge is 0.0938 e. The summed E-state index contributed by atoms with van der Waals surface area (Å²) in [5, 5.41) is 41.9. The molecule has 0 aliphatic carbocycles. The minimum Gasteiger partial charge on any atom is -0.389 e. The van der Waals surface area contributed by atoms with E-state index in [0.29, 0.717) is 13.1 Å². The predicted molar refractivity (Wildman–Crippen MR) is 122 cm³/mol. The Morgan fingerprint density at radius 1 is 0.433 bits per heavy atom. The number of nitrogens with one attached hydrogen (secondary N) is 6. The Kier molecular flexibility index (Phi) is 14.8. The van der Waals surface area contributed by atoms with Gasteiger partial charge < -0.3 is 42.1 Å². The third-order valence-electron chi connectivity index (χ3n) is 5.67. The molecule has 2 atom stereocenters. The Bertz CT molecular complexity index is 347. The molecule has 2 fully saturated rings. The monoisotopic (exact) mass is 430 g/mol. The third-order valence-corrected chi connectivity index (χ3v) is 5.67. The van der Waals surface area contributed by atoms with E-state index in [2.05, 4.69) is 41.7 Å². The maximum absolute atomic E-state index is 10.7. The number of aliphatic hydroxyl groups is 2. The Labute approximate surface area is 182 Å². The largest absolute Gasteiger partial charge is 0.389 e. The highest BCUT2D eigenvalue weighted by Crippen LogP contribution is 2.02. The van der Waals surface area contributed by atoms with Crippen molar-refractivity contribution in [1.82, 2.24) is 41.7 Å². The zero-order valence-corrected chi connectivity index (χ0v) is 18.7. The van der Waals surface area contributed by atoms with Gasteiger partial charge in [-0.05, 0) is 0 Å². The second-order valence-electron chi connectivity index (χ2n) is 8.24. The lowest BCUT2D eigenvalue weighted by Crippen LogP contribution is -2.50. The van der Waals surface area contributed by atoms with E-state index >= 15 is 0 Å². The zero-order chi connectivity index (χ0) is 21.3. The van der Waals surface area contributed by atoms with Crippen LogP contribution in [-0.4, -0.2) is 150 Å². The molecule has 0 radical (unpaired) electrons. The first-order chi connectivity index (χ1) is 14.8. The van der Waals surface area contributed by atoms with Gasteiger partial charge in [-0.2, -0.15) is 0 Å². The molecule has 0 saturated carbocycles. The Hall–Kier alpha value is -0.400. The highest BCUT2D eigenvalue weighted by molar-refractivity contribution is 4.78. The van der Waals surface area contributed by atoms with E-state index in [1.165, 1.54) is 0 Å². The van der Waals surface area contributed by atoms with Crippen LogP contribution in [0.4, 0.5) is 0 Å². The van der Waals surface area contributed by atoms with Gasteiger partial charge >= 0.3 is 0 Å². The van der Waals surface area contributed by atoms with Gasteiger partial charge in [-0.25, -0.2) is 0 Å². The van der Waals surface area contributed by atoms with Gasteiger partial charge in [0.15, 0.2) is 0 Å². The maximum Gasteiger partial charge on any atom is 0.0938 e. The van der Waals surface area contributed by atoms with Crippen molar-refractivity contribution < 1.29 is 10.2 Å². The summed E-state index contributed by atoms with van der Waals surface area (Å²) in [7, 11) is 0. The molecule has 0 amide bonds. The van der Waals surface area contributed by atoms with Crippen molar-refractivity contribution in [2.24, 2.45) is 0 Å². The first kappa shape index (κ1) is 25.9. The standard InChI is InChI=1S/C20H46N8O2/c29-19(17-27-13-9-23-5-1-21-2-6-24-10-14-27)20(30)18-28-15-11-25-7-3-22-4-8-26-12-16-28/h19-26,29-30H,1-18H2/t19-,20-/m0/s1. The summed E-state index contributed by atoms with van der Waals surface area (Å²) in [4.78, 5) is 4.49. The normalized spacial score (nSPS) is 25.8. The van der Waals surface area contributed by atoms with E-state index in [1.54, 1.807) is 0 Å². The summed E-state index contributed by atoms with van der Waals surface area (Å²) in [5.41, 5.74) is 0. The number of hydrogen-bond acceptors (Lipinski definition) is 10. The quantitative estimate of drug-likeness (QED) is 0.219. The maximum atomic E-state index is 10.7. The van der Waals surface area contributed by atoms with E-state index < -0.39 is 12.2 Å². The number of hydrogen-bond donors (Lipinski definition) is 8. The molecule has 2 aliphatic rings. The van der Waals surface area contributed by atoms with Crippen LogP contribution < -0.4 is 31.9 Å². The number of rotatable bonds is 5. The number of aliphatic hydroxyl groups excluding tert-OH is 2. The molecule has 10 nitrogen and oxygen atoms in total. The topological polar surface area (TPSA) is 119 Å². The SMILES string of the molecule is O[C@@H](CN1CCNCCNCCNCC1)[C@@H](O)CN1CCNCCNCCNCC1. The minimum atomic E-state index is -0.744. The van der Waals surface area contributed by atoms with E-state index in [1.807, 2.05) is 0 Å². The molecule has 0 bridgehead atoms. The van der Waals surface area contributed by atoms with Crippen LogP contribution in [0.25, 0.3) is 0 Å². The molecule has 2 rings (SSSR count). The van der Waals surface area contributed by atoms with Gasteiger partial charge in [0.05, 0.1) is 12.2 Å². The number of nitrogens with zero attached hydrogens (tertiary/aromatic N) is 2. The average Bonchev–Trinajstić information content (AvgIpc) is 2.72. The molecule has 178 valence electrons. The molecule has 8 N–H and O–H groups in total. The number of β-amino-alcohol motifs (C(OH)–C–C–N with tert-alkyl or cyclic N) is 2. The van der Waals surface area contributed by atoms with Crippen molar-refractivity contribution in [3.8, 4) is 0 Å². The molecule has 0 unspecified atom stereocenters. The van der Waals surface area contributed by atoms with E-state index in [0.717, 1.165) is 105 Å². The fourth-order valence-electron chi connectivity index (χ4n) is 3.77. The molecule has 2 aliphatic heterocycles. The lowest BCUT2D eigenvalue weighted by atomic mass is 10.1. The lowest BCUT2D eigenvalue weighted by Gasteiger charge is -2.31. The lowest BCUT2D eigenvalue weighted by molar-refractivity contribution is -0.0190. The second-order valence-corrected chi connectivity index (χ2v) is 8.24. The van der Waals surface area contributed by atoms with Crippen LogP contribution in [0, 0.1) is 0 Å². The fraction of sp³-hybridized carbons (Fsp3) is 1.00. The minimum absolute atomic E-state index is 0.499. The van der Waals surface area contributed by atoms with Crippen LogP contribution in [0.2, 0.25) is 0 Å². The van der Waals surface area contributed by atoms with Crippen molar-refractivity contribution in [3.05, 3.63) is 0 Å². The van der Waals surface area contributed by atoms with Crippen LogP contribution in [0.15, 0.2) is 0 Å². The van der Waals surface area contributed by atoms with Gasteiger partial charge in [0, 0.05) is 118 Å². The van der Waals surface area contributed by atoms with Gasteiger partial charge in [-0.15, -0.1) is 0 Å². The zero-order valence-electron chi connectivity index (χ0n) is 18.7. The van der Waals surface area contributed by atoms with Gasteiger partial charge in [-0.3, -0.25) is 9.80 Å². The highest BCUT2D eigenvalue weighted by atomic mass is 16.3. The van der Waals surface area contributed by atoms with Gasteiger partial charge in [0.2, 0.25) is 0 Å². The van der Waals surface area contributed by atoms with Crippen molar-refractivity contribution in [3.63, 3.8) is 0 Å². The summed E-state index contributed by atoms with van der Waals surface area (Å²) in [6.07, 6.45) is -1.49. The molecular weight excluding hydrogens is 384 g/mol. The van der Waals surface area contributed by atoms with Crippen LogP contribution in [0.3, 0.4) is 0 Å². The highest BCUT2D eigenvalue weighted by Gasteiger charge is 2.22. The molecule has 0 aromatic heterocycles. The Balaban J connectivity index is 1.75. The molecule has 0 aromatic carbocycles. The van der Waals surface area contributed by atoms with Crippen LogP contribution >= 0.6 is 0 Å². The Morgan fingerprint density at radius 2 is 0.667 bits per heavy atom. The first-order valence-electron chi connectivity index (χ1n) is 11.8.